The van der Waals surface area contributed by atoms with Crippen molar-refractivity contribution in [1.82, 2.24) is 40.2 Å². The summed E-state index contributed by atoms with van der Waals surface area (Å²) in [7, 11) is 8.04. The number of amides is 4. The smallest absolute Gasteiger partial charge is 0.408 e. The van der Waals surface area contributed by atoms with Crippen LogP contribution in [-0.2, 0) is 25.5 Å². The van der Waals surface area contributed by atoms with E-state index < -0.39 is 35.7 Å². The Labute approximate surface area is 345 Å². The molecule has 326 valence electrons. The van der Waals surface area contributed by atoms with E-state index in [9.17, 15) is 19.2 Å². The summed E-state index contributed by atoms with van der Waals surface area (Å²) in [6.07, 6.45) is 25.0. The summed E-state index contributed by atoms with van der Waals surface area (Å²) in [4.78, 5) is 70.0. The largest absolute Gasteiger partial charge is 0.444 e. The van der Waals surface area contributed by atoms with Crippen molar-refractivity contribution in [3.05, 3.63) is 30.4 Å². The third-order valence-corrected chi connectivity index (χ3v) is 10.2. The number of aromatic amines is 1. The maximum atomic E-state index is 14.5. The van der Waals surface area contributed by atoms with Crippen LogP contribution in [0.5, 0.6) is 0 Å². The van der Waals surface area contributed by atoms with Crippen LogP contribution in [0.4, 0.5) is 4.79 Å². The highest BCUT2D eigenvalue weighted by Gasteiger charge is 2.44. The normalized spacial score (nSPS) is 16.4. The van der Waals surface area contributed by atoms with Crippen LogP contribution in [0.3, 0.4) is 0 Å². The summed E-state index contributed by atoms with van der Waals surface area (Å²) in [5.41, 5.74) is -0.109. The molecule has 0 saturated carbocycles. The average Bonchev–Trinajstić information content (AvgIpc) is 3.81. The minimum Gasteiger partial charge on any atom is -0.444 e. The number of allylic oxidation sites excluding steroid dienone is 2. The zero-order valence-electron chi connectivity index (χ0n) is 37.1. The van der Waals surface area contributed by atoms with Gasteiger partial charge in [0, 0.05) is 50.4 Å². The number of carbonyl (C=O) groups is 4. The maximum absolute atomic E-state index is 14.5. The number of H-pyrrole nitrogens is 1. The van der Waals surface area contributed by atoms with E-state index in [-0.39, 0.29) is 24.8 Å². The molecule has 0 radical (unpaired) electrons. The highest BCUT2D eigenvalue weighted by Crippen LogP contribution is 2.24. The summed E-state index contributed by atoms with van der Waals surface area (Å²) in [5.74, 6) is -0.593. The number of nitrogens with zero attached hydrogens (tertiary/aromatic N) is 5. The van der Waals surface area contributed by atoms with E-state index in [1.807, 2.05) is 33.1 Å². The van der Waals surface area contributed by atoms with Gasteiger partial charge in [0.25, 0.3) is 0 Å². The first kappa shape index (κ1) is 49.7. The van der Waals surface area contributed by atoms with Crippen molar-refractivity contribution in [2.24, 2.45) is 0 Å². The van der Waals surface area contributed by atoms with E-state index in [1.54, 1.807) is 31.9 Å². The monoisotopic (exact) mass is 801 g/mol. The first-order valence-corrected chi connectivity index (χ1v) is 22.0. The van der Waals surface area contributed by atoms with Gasteiger partial charge < -0.3 is 40.0 Å². The van der Waals surface area contributed by atoms with Gasteiger partial charge in [-0.25, -0.2) is 9.78 Å². The third kappa shape index (κ3) is 22.3. The van der Waals surface area contributed by atoms with Crippen molar-refractivity contribution >= 4 is 23.8 Å². The highest BCUT2D eigenvalue weighted by molar-refractivity contribution is 5.92. The van der Waals surface area contributed by atoms with E-state index in [1.165, 1.54) is 57.7 Å². The van der Waals surface area contributed by atoms with E-state index in [0.29, 0.717) is 31.6 Å². The summed E-state index contributed by atoms with van der Waals surface area (Å²) < 4.78 is 5.53. The predicted octanol–water partition coefficient (Wildman–Crippen LogP) is 6.70. The molecule has 0 aromatic carbocycles. The minimum atomic E-state index is -1.02. The number of hydrogen-bond donors (Lipinski definition) is 3. The Bertz CT molecular complexity index is 1280. The lowest BCUT2D eigenvalue weighted by Gasteiger charge is -2.33. The number of aromatic nitrogens is 2. The van der Waals surface area contributed by atoms with Crippen LogP contribution in [-0.4, -0.2) is 138 Å². The molecule has 1 aromatic rings. The number of likely N-dealkylation sites (tertiary alicyclic amines) is 1. The zero-order valence-corrected chi connectivity index (χ0v) is 37.1. The molecule has 1 fully saturated rings. The van der Waals surface area contributed by atoms with Crippen LogP contribution in [0.1, 0.15) is 143 Å². The fraction of sp³-hybridized carbons (Fsp3) is 0.795. The van der Waals surface area contributed by atoms with Crippen LogP contribution in [0.25, 0.3) is 0 Å². The molecule has 13 heteroatoms. The number of nitrogens with one attached hydrogen (secondary N) is 3. The summed E-state index contributed by atoms with van der Waals surface area (Å²) in [6.45, 7) is 10.5. The van der Waals surface area contributed by atoms with Crippen molar-refractivity contribution < 1.29 is 23.9 Å². The molecule has 3 N–H and O–H groups in total. The van der Waals surface area contributed by atoms with Gasteiger partial charge in [0.1, 0.15) is 17.7 Å². The predicted molar refractivity (Wildman–Crippen MR) is 230 cm³/mol. The molecule has 1 unspecified atom stereocenters. The van der Waals surface area contributed by atoms with Gasteiger partial charge in [0.05, 0.1) is 6.33 Å². The Morgan fingerprint density at radius 1 is 0.860 bits per heavy atom. The highest BCUT2D eigenvalue weighted by atomic mass is 16.6. The Morgan fingerprint density at radius 3 is 1.98 bits per heavy atom. The standard InChI is InChI=1S/C44H80N8O5/c1-9-10-11-12-13-14-15-16-17-18-19-20-21-22-23-26-40(53)47-37-32-39(42(55)51(29-24-27-49(5)6)30-25-28-50(7)8)52(34-37)41(54)38(31-36-33-45-35-46-36)48-43(56)57-44(2,3)4/h16-17,33,35,37-39H,9-15,18-32,34H2,1-8H3,(H,45,46)(H,47,53)(H,48,56)/b17-16-/t37-,38?,39-/m0/s1. The second-order valence-electron chi connectivity index (χ2n) is 17.5. The van der Waals surface area contributed by atoms with Crippen molar-refractivity contribution in [2.45, 2.75) is 167 Å². The van der Waals surface area contributed by atoms with Crippen LogP contribution >= 0.6 is 0 Å². The van der Waals surface area contributed by atoms with Crippen molar-refractivity contribution in [1.29, 1.82) is 0 Å². The van der Waals surface area contributed by atoms with Gasteiger partial charge in [-0.15, -0.1) is 0 Å². The number of alkyl carbamates (subject to hydrolysis) is 1. The minimum absolute atomic E-state index is 0.0622. The zero-order chi connectivity index (χ0) is 42.1. The molecule has 1 aliphatic heterocycles. The quantitative estimate of drug-likeness (QED) is 0.0601. The molecule has 1 saturated heterocycles. The van der Waals surface area contributed by atoms with Gasteiger partial charge in [0.2, 0.25) is 17.7 Å². The molecule has 0 bridgehead atoms. The maximum Gasteiger partial charge on any atom is 0.408 e. The number of carbonyl (C=O) groups excluding carboxylic acids is 4. The summed E-state index contributed by atoms with van der Waals surface area (Å²) >= 11 is 0. The molecule has 1 aromatic heterocycles. The third-order valence-electron chi connectivity index (χ3n) is 10.2. The number of imidazole rings is 1. The Balaban J connectivity index is 2.07. The van der Waals surface area contributed by atoms with E-state index in [0.717, 1.165) is 58.0 Å². The summed E-state index contributed by atoms with van der Waals surface area (Å²) in [5, 5.41) is 5.93. The van der Waals surface area contributed by atoms with Gasteiger partial charge in [-0.05, 0) is 113 Å². The lowest BCUT2D eigenvalue weighted by Crippen LogP contribution is -2.55. The molecular formula is C44H80N8O5. The number of hydrogen-bond acceptors (Lipinski definition) is 8. The topological polar surface area (TPSA) is 143 Å². The van der Waals surface area contributed by atoms with Crippen LogP contribution in [0.15, 0.2) is 24.7 Å². The molecule has 3 atom stereocenters. The number of ether oxygens (including phenoxy) is 1. The lowest BCUT2D eigenvalue weighted by atomic mass is 10.1. The van der Waals surface area contributed by atoms with Crippen molar-refractivity contribution in [3.63, 3.8) is 0 Å². The van der Waals surface area contributed by atoms with Gasteiger partial charge >= 0.3 is 6.09 Å². The molecule has 0 spiro atoms. The molecule has 0 aliphatic carbocycles. The molecule has 4 amide bonds. The Hall–Kier alpha value is -3.45. The van der Waals surface area contributed by atoms with Gasteiger partial charge in [-0.3, -0.25) is 14.4 Å². The SMILES string of the molecule is CCCCCCCC/C=C\CCCCCCCC(=O)N[C@H]1C[C@@H](C(=O)N(CCCN(C)C)CCCN(C)C)N(C(=O)C(Cc2cnc[nH]2)NC(=O)OC(C)(C)C)C1. The van der Waals surface area contributed by atoms with Gasteiger partial charge in [0.15, 0.2) is 0 Å². The van der Waals surface area contributed by atoms with E-state index >= 15 is 0 Å². The molecule has 2 rings (SSSR count). The Morgan fingerprint density at radius 2 is 1.44 bits per heavy atom. The molecular weight excluding hydrogens is 721 g/mol. The molecule has 13 nitrogen and oxygen atoms in total. The second kappa shape index (κ2) is 28.1. The number of unbranched alkanes of at least 4 members (excludes halogenated alkanes) is 11. The van der Waals surface area contributed by atoms with Crippen molar-refractivity contribution in [3.8, 4) is 0 Å². The first-order chi connectivity index (χ1) is 27.2. The van der Waals surface area contributed by atoms with Crippen LogP contribution in [0, 0.1) is 0 Å². The van der Waals surface area contributed by atoms with Gasteiger partial charge in [-0.2, -0.15) is 0 Å². The second-order valence-corrected chi connectivity index (χ2v) is 17.5. The Kier molecular flexibility index (Phi) is 24.5. The van der Waals surface area contributed by atoms with E-state index in [4.69, 9.17) is 4.74 Å². The van der Waals surface area contributed by atoms with Gasteiger partial charge in [-0.1, -0.05) is 70.4 Å². The fourth-order valence-electron chi connectivity index (χ4n) is 7.24. The molecule has 57 heavy (non-hydrogen) atoms. The average molecular weight is 801 g/mol. The van der Waals surface area contributed by atoms with Crippen LogP contribution < -0.4 is 10.6 Å². The van der Waals surface area contributed by atoms with Crippen molar-refractivity contribution in [2.75, 3.05) is 60.9 Å². The first-order valence-electron chi connectivity index (χ1n) is 22.0. The van der Waals surface area contributed by atoms with Crippen LogP contribution in [0.2, 0.25) is 0 Å². The molecule has 2 heterocycles. The number of rotatable bonds is 29. The lowest BCUT2D eigenvalue weighted by molar-refractivity contribution is -0.145. The van der Waals surface area contributed by atoms with E-state index in [2.05, 4.69) is 49.5 Å². The summed E-state index contributed by atoms with van der Waals surface area (Å²) in [6, 6.07) is -2.19. The molecule has 1 aliphatic rings. The fourth-order valence-corrected chi connectivity index (χ4v) is 7.24.